The summed E-state index contributed by atoms with van der Waals surface area (Å²) in [5, 5.41) is 12.1. The van der Waals surface area contributed by atoms with Crippen LogP contribution in [-0.2, 0) is 29.0 Å². The molecule has 1 amide bonds. The maximum absolute atomic E-state index is 14.4. The predicted molar refractivity (Wildman–Crippen MR) is 137 cm³/mol. The lowest BCUT2D eigenvalue weighted by Crippen LogP contribution is -2.41. The number of hydrogen-bond donors (Lipinski definition) is 2. The van der Waals surface area contributed by atoms with E-state index in [0.29, 0.717) is 24.3 Å². The first-order valence-electron chi connectivity index (χ1n) is 11.8. The molecule has 1 aliphatic heterocycles. The number of fused-ring (bicyclic) bond motifs is 1. The topological polar surface area (TPSA) is 72.9 Å². The van der Waals surface area contributed by atoms with Crippen LogP contribution in [-0.4, -0.2) is 37.1 Å². The highest BCUT2D eigenvalue weighted by atomic mass is 19.1. The van der Waals surface area contributed by atoms with Crippen molar-refractivity contribution in [3.05, 3.63) is 89.2 Å². The molecule has 0 radical (unpaired) electrons. The molecule has 0 fully saturated rings. The number of benzene rings is 3. The zero-order chi connectivity index (χ0) is 24.8. The third kappa shape index (κ3) is 5.98. The van der Waals surface area contributed by atoms with Gasteiger partial charge < -0.3 is 20.2 Å². The van der Waals surface area contributed by atoms with Crippen LogP contribution in [0.15, 0.2) is 66.7 Å². The molecule has 0 aliphatic carbocycles. The number of likely N-dealkylation sites (N-methyl/N-ethyl adjacent to an activating group) is 1. The molecule has 6 nitrogen and oxygen atoms in total. The lowest BCUT2D eigenvalue weighted by Gasteiger charge is -2.33. The molecule has 7 heteroatoms. The molecule has 3 aromatic carbocycles. The Labute approximate surface area is 205 Å². The van der Waals surface area contributed by atoms with Crippen molar-refractivity contribution in [2.75, 3.05) is 35.3 Å². The molecule has 2 N–H and O–H groups in total. The molecule has 1 aliphatic rings. The monoisotopic (exact) mass is 475 g/mol. The number of nitrogens with one attached hydrogen (secondary N) is 1. The van der Waals surface area contributed by atoms with Crippen LogP contribution in [0.3, 0.4) is 0 Å². The summed E-state index contributed by atoms with van der Waals surface area (Å²) in [6, 6.07) is 20.6. The van der Waals surface area contributed by atoms with E-state index < -0.39 is 11.8 Å². The number of anilines is 3. The van der Waals surface area contributed by atoms with Crippen molar-refractivity contribution >= 4 is 28.9 Å². The SMILES string of the molecule is CN(C(=O)CN1CCCc2c(CNc3ccc(CCC(=O)O)c(F)c3)cccc21)c1ccccc1. The minimum atomic E-state index is -0.942. The van der Waals surface area contributed by atoms with Crippen molar-refractivity contribution in [1.82, 2.24) is 0 Å². The largest absolute Gasteiger partial charge is 0.481 e. The van der Waals surface area contributed by atoms with Crippen molar-refractivity contribution in [2.24, 2.45) is 0 Å². The van der Waals surface area contributed by atoms with E-state index in [0.717, 1.165) is 36.3 Å². The molecule has 3 aromatic rings. The number of aryl methyl sites for hydroxylation is 1. The second kappa shape index (κ2) is 11.0. The quantitative estimate of drug-likeness (QED) is 0.462. The van der Waals surface area contributed by atoms with Crippen LogP contribution in [0.1, 0.15) is 29.5 Å². The van der Waals surface area contributed by atoms with Gasteiger partial charge in [0.25, 0.3) is 0 Å². The van der Waals surface area contributed by atoms with Crippen molar-refractivity contribution in [2.45, 2.75) is 32.2 Å². The molecular weight excluding hydrogens is 445 g/mol. The molecule has 0 saturated carbocycles. The van der Waals surface area contributed by atoms with E-state index in [4.69, 9.17) is 5.11 Å². The van der Waals surface area contributed by atoms with Gasteiger partial charge in [0.1, 0.15) is 5.82 Å². The van der Waals surface area contributed by atoms with Gasteiger partial charge in [0, 0.05) is 43.6 Å². The molecule has 0 aromatic heterocycles. The van der Waals surface area contributed by atoms with E-state index in [1.54, 1.807) is 24.1 Å². The summed E-state index contributed by atoms with van der Waals surface area (Å²) in [4.78, 5) is 27.5. The fraction of sp³-hybridized carbons (Fsp3) is 0.286. The number of para-hydroxylation sites is 1. The number of carboxylic acids is 1. The van der Waals surface area contributed by atoms with Gasteiger partial charge in [-0.05, 0) is 66.3 Å². The highest BCUT2D eigenvalue weighted by molar-refractivity contribution is 5.96. The summed E-state index contributed by atoms with van der Waals surface area (Å²) in [6.45, 7) is 1.66. The summed E-state index contributed by atoms with van der Waals surface area (Å²) in [5.74, 6) is -1.31. The van der Waals surface area contributed by atoms with Crippen LogP contribution in [0.25, 0.3) is 0 Å². The Bertz CT molecular complexity index is 1200. The van der Waals surface area contributed by atoms with E-state index >= 15 is 0 Å². The van der Waals surface area contributed by atoms with E-state index in [9.17, 15) is 14.0 Å². The fourth-order valence-corrected chi connectivity index (χ4v) is 4.47. The van der Waals surface area contributed by atoms with Crippen LogP contribution in [0.5, 0.6) is 0 Å². The molecule has 0 unspecified atom stereocenters. The standard InChI is InChI=1S/C28H30FN3O3/c1-31(23-8-3-2-4-9-23)27(33)19-32-16-6-10-24-21(7-5-11-26(24)32)18-30-22-14-12-20(25(29)17-22)13-15-28(34)35/h2-5,7-9,11-12,14,17,30H,6,10,13,15-16,18-19H2,1H3,(H,34,35). The van der Waals surface area contributed by atoms with Gasteiger partial charge in [-0.15, -0.1) is 0 Å². The van der Waals surface area contributed by atoms with Crippen molar-refractivity contribution in [3.63, 3.8) is 0 Å². The third-order valence-electron chi connectivity index (χ3n) is 6.43. The Morgan fingerprint density at radius 3 is 2.60 bits per heavy atom. The van der Waals surface area contributed by atoms with Crippen LogP contribution < -0.4 is 15.1 Å². The fourth-order valence-electron chi connectivity index (χ4n) is 4.47. The van der Waals surface area contributed by atoms with Gasteiger partial charge in [0.15, 0.2) is 0 Å². The number of halogens is 1. The summed E-state index contributed by atoms with van der Waals surface area (Å²) in [5.41, 5.74) is 5.31. The minimum Gasteiger partial charge on any atom is -0.481 e. The average Bonchev–Trinajstić information content (AvgIpc) is 2.87. The Balaban J connectivity index is 1.43. The van der Waals surface area contributed by atoms with Crippen LogP contribution >= 0.6 is 0 Å². The lowest BCUT2D eigenvalue weighted by atomic mass is 9.96. The number of carbonyl (C=O) groups is 2. The lowest BCUT2D eigenvalue weighted by molar-refractivity contribution is -0.137. The van der Waals surface area contributed by atoms with Crippen molar-refractivity contribution in [3.8, 4) is 0 Å². The second-order valence-corrected chi connectivity index (χ2v) is 8.78. The number of amides is 1. The highest BCUT2D eigenvalue weighted by Gasteiger charge is 2.23. The molecule has 4 rings (SSSR count). The van der Waals surface area contributed by atoms with Gasteiger partial charge in [-0.2, -0.15) is 0 Å². The van der Waals surface area contributed by atoms with Gasteiger partial charge in [0.05, 0.1) is 6.54 Å². The average molecular weight is 476 g/mol. The molecule has 1 heterocycles. The van der Waals surface area contributed by atoms with Gasteiger partial charge in [-0.25, -0.2) is 4.39 Å². The smallest absolute Gasteiger partial charge is 0.303 e. The third-order valence-corrected chi connectivity index (χ3v) is 6.43. The van der Waals surface area contributed by atoms with Crippen LogP contribution in [0.2, 0.25) is 0 Å². The number of carbonyl (C=O) groups excluding carboxylic acids is 1. The summed E-state index contributed by atoms with van der Waals surface area (Å²) in [7, 11) is 1.80. The van der Waals surface area contributed by atoms with Gasteiger partial charge in [-0.3, -0.25) is 9.59 Å². The number of aliphatic carboxylic acids is 1. The Hall–Kier alpha value is -3.87. The van der Waals surface area contributed by atoms with Gasteiger partial charge in [-0.1, -0.05) is 36.4 Å². The number of rotatable bonds is 9. The zero-order valence-corrected chi connectivity index (χ0v) is 19.8. The Kier molecular flexibility index (Phi) is 7.65. The highest BCUT2D eigenvalue weighted by Crippen LogP contribution is 2.31. The van der Waals surface area contributed by atoms with Gasteiger partial charge in [0.2, 0.25) is 5.91 Å². The number of carboxylic acid groups (broad SMARTS) is 1. The molecule has 0 bridgehead atoms. The van der Waals surface area contributed by atoms with E-state index in [1.807, 2.05) is 36.4 Å². The molecule has 0 atom stereocenters. The predicted octanol–water partition coefficient (Wildman–Crippen LogP) is 4.87. The molecule has 35 heavy (non-hydrogen) atoms. The van der Waals surface area contributed by atoms with E-state index in [2.05, 4.69) is 22.3 Å². The van der Waals surface area contributed by atoms with Crippen molar-refractivity contribution < 1.29 is 19.1 Å². The first kappa shape index (κ1) is 24.3. The molecule has 0 spiro atoms. The summed E-state index contributed by atoms with van der Waals surface area (Å²) < 4.78 is 14.4. The number of nitrogens with zero attached hydrogens (tertiary/aromatic N) is 2. The second-order valence-electron chi connectivity index (χ2n) is 8.78. The minimum absolute atomic E-state index is 0.0334. The maximum atomic E-state index is 14.4. The number of hydrogen-bond acceptors (Lipinski definition) is 4. The Morgan fingerprint density at radius 1 is 1.06 bits per heavy atom. The van der Waals surface area contributed by atoms with Crippen LogP contribution in [0.4, 0.5) is 21.5 Å². The first-order chi connectivity index (χ1) is 16.9. The molecule has 182 valence electrons. The normalized spacial score (nSPS) is 12.7. The molecule has 0 saturated heterocycles. The maximum Gasteiger partial charge on any atom is 0.303 e. The van der Waals surface area contributed by atoms with Crippen LogP contribution in [0, 0.1) is 5.82 Å². The van der Waals surface area contributed by atoms with E-state index in [1.165, 1.54) is 11.6 Å². The first-order valence-corrected chi connectivity index (χ1v) is 11.8. The summed E-state index contributed by atoms with van der Waals surface area (Å²) >= 11 is 0. The van der Waals surface area contributed by atoms with Crippen molar-refractivity contribution in [1.29, 1.82) is 0 Å². The Morgan fingerprint density at radius 2 is 1.86 bits per heavy atom. The molecular formula is C28H30FN3O3. The summed E-state index contributed by atoms with van der Waals surface area (Å²) in [6.07, 6.45) is 1.95. The van der Waals surface area contributed by atoms with Gasteiger partial charge >= 0.3 is 5.97 Å². The zero-order valence-electron chi connectivity index (χ0n) is 19.8. The van der Waals surface area contributed by atoms with E-state index in [-0.39, 0.29) is 18.7 Å².